The Morgan fingerprint density at radius 2 is 1.89 bits per heavy atom. The van der Waals surface area contributed by atoms with Gasteiger partial charge in [-0.3, -0.25) is 9.59 Å². The standard InChI is InChI=1S/C15H16O3/c1-10(15(17)18)11-5-7-12(8-6-11)13-3-2-4-14(16)9-13/h5-10H,2-4H2,1H3,(H,17,18). The Hall–Kier alpha value is -1.90. The summed E-state index contributed by atoms with van der Waals surface area (Å²) < 4.78 is 0. The lowest BCUT2D eigenvalue weighted by Crippen LogP contribution is -2.07. The van der Waals surface area contributed by atoms with Crippen molar-refractivity contribution in [1.29, 1.82) is 0 Å². The maximum absolute atomic E-state index is 11.4. The number of benzene rings is 1. The quantitative estimate of drug-likeness (QED) is 0.889. The molecule has 0 bridgehead atoms. The highest BCUT2D eigenvalue weighted by molar-refractivity contribution is 5.98. The maximum atomic E-state index is 11.4. The molecule has 0 spiro atoms. The van der Waals surface area contributed by atoms with Gasteiger partial charge in [-0.25, -0.2) is 0 Å². The molecule has 0 amide bonds. The number of carbonyl (C=O) groups excluding carboxylic acids is 1. The van der Waals surface area contributed by atoms with Crippen molar-refractivity contribution in [2.24, 2.45) is 0 Å². The second-order valence-corrected chi connectivity index (χ2v) is 4.67. The molecule has 1 aliphatic carbocycles. The van der Waals surface area contributed by atoms with E-state index in [2.05, 4.69) is 0 Å². The summed E-state index contributed by atoms with van der Waals surface area (Å²) in [5.41, 5.74) is 2.86. The van der Waals surface area contributed by atoms with Gasteiger partial charge in [-0.15, -0.1) is 0 Å². The van der Waals surface area contributed by atoms with Crippen LogP contribution in [0, 0.1) is 0 Å². The normalized spacial score (nSPS) is 17.2. The van der Waals surface area contributed by atoms with Crippen molar-refractivity contribution in [3.05, 3.63) is 41.5 Å². The van der Waals surface area contributed by atoms with Crippen molar-refractivity contribution in [2.75, 3.05) is 0 Å². The Balaban J connectivity index is 2.22. The van der Waals surface area contributed by atoms with E-state index in [0.717, 1.165) is 29.5 Å². The monoisotopic (exact) mass is 244 g/mol. The Labute approximate surface area is 106 Å². The smallest absolute Gasteiger partial charge is 0.310 e. The zero-order valence-electron chi connectivity index (χ0n) is 10.3. The highest BCUT2D eigenvalue weighted by atomic mass is 16.4. The number of hydrogen-bond acceptors (Lipinski definition) is 2. The summed E-state index contributed by atoms with van der Waals surface area (Å²) in [5.74, 6) is -1.14. The van der Waals surface area contributed by atoms with Gasteiger partial charge in [-0.1, -0.05) is 24.3 Å². The van der Waals surface area contributed by atoms with Gasteiger partial charge in [0.2, 0.25) is 0 Å². The topological polar surface area (TPSA) is 54.4 Å². The highest BCUT2D eigenvalue weighted by Gasteiger charge is 2.15. The first kappa shape index (κ1) is 12.6. The van der Waals surface area contributed by atoms with Crippen molar-refractivity contribution in [3.63, 3.8) is 0 Å². The molecular formula is C15H16O3. The fourth-order valence-electron chi connectivity index (χ4n) is 2.15. The van der Waals surface area contributed by atoms with Crippen molar-refractivity contribution in [3.8, 4) is 0 Å². The molecule has 0 saturated carbocycles. The highest BCUT2D eigenvalue weighted by Crippen LogP contribution is 2.26. The van der Waals surface area contributed by atoms with E-state index < -0.39 is 11.9 Å². The molecule has 3 heteroatoms. The fourth-order valence-corrected chi connectivity index (χ4v) is 2.15. The Morgan fingerprint density at radius 3 is 2.44 bits per heavy atom. The summed E-state index contributed by atoms with van der Waals surface area (Å²) in [6.07, 6.45) is 4.16. The predicted molar refractivity (Wildman–Crippen MR) is 69.3 cm³/mol. The SMILES string of the molecule is CC(C(=O)O)c1ccc(C2=CC(=O)CCC2)cc1. The van der Waals surface area contributed by atoms with Crippen LogP contribution in [0.15, 0.2) is 30.3 Å². The minimum Gasteiger partial charge on any atom is -0.481 e. The molecule has 1 unspecified atom stereocenters. The average Bonchev–Trinajstić information content (AvgIpc) is 2.38. The zero-order valence-corrected chi connectivity index (χ0v) is 10.3. The molecule has 1 aromatic carbocycles. The number of carbonyl (C=O) groups is 2. The molecule has 18 heavy (non-hydrogen) atoms. The second kappa shape index (κ2) is 5.17. The molecule has 3 nitrogen and oxygen atoms in total. The lowest BCUT2D eigenvalue weighted by molar-refractivity contribution is -0.138. The zero-order chi connectivity index (χ0) is 13.1. The molecule has 0 fully saturated rings. The van der Waals surface area contributed by atoms with E-state index in [1.807, 2.05) is 24.3 Å². The minimum atomic E-state index is -0.824. The Bertz CT molecular complexity index is 497. The van der Waals surface area contributed by atoms with Gasteiger partial charge in [0.25, 0.3) is 0 Å². The molecule has 0 aromatic heterocycles. The first-order chi connectivity index (χ1) is 8.58. The first-order valence-electron chi connectivity index (χ1n) is 6.14. The van der Waals surface area contributed by atoms with Crippen LogP contribution >= 0.6 is 0 Å². The fraction of sp³-hybridized carbons (Fsp3) is 0.333. The third-order valence-electron chi connectivity index (χ3n) is 3.36. The Morgan fingerprint density at radius 1 is 1.22 bits per heavy atom. The Kier molecular flexibility index (Phi) is 3.60. The number of aliphatic carboxylic acids is 1. The van der Waals surface area contributed by atoms with Crippen LogP contribution in [0.25, 0.3) is 5.57 Å². The van der Waals surface area contributed by atoms with Gasteiger partial charge in [-0.2, -0.15) is 0 Å². The van der Waals surface area contributed by atoms with E-state index in [9.17, 15) is 9.59 Å². The van der Waals surface area contributed by atoms with E-state index >= 15 is 0 Å². The van der Waals surface area contributed by atoms with E-state index in [-0.39, 0.29) is 5.78 Å². The van der Waals surface area contributed by atoms with Crippen LogP contribution in [0.4, 0.5) is 0 Å². The van der Waals surface area contributed by atoms with Gasteiger partial charge in [-0.05, 0) is 42.5 Å². The molecule has 1 atom stereocenters. The van der Waals surface area contributed by atoms with Crippen molar-refractivity contribution in [1.82, 2.24) is 0 Å². The molecule has 0 saturated heterocycles. The summed E-state index contributed by atoms with van der Waals surface area (Å²) in [6, 6.07) is 7.46. The molecule has 1 aliphatic rings. The molecule has 1 aromatic rings. The third kappa shape index (κ3) is 2.67. The van der Waals surface area contributed by atoms with Gasteiger partial charge < -0.3 is 5.11 Å². The molecule has 0 aliphatic heterocycles. The van der Waals surface area contributed by atoms with Crippen LogP contribution in [0.1, 0.15) is 43.2 Å². The minimum absolute atomic E-state index is 0.180. The summed E-state index contributed by atoms with van der Waals surface area (Å²) in [4.78, 5) is 22.2. The third-order valence-corrected chi connectivity index (χ3v) is 3.36. The molecule has 94 valence electrons. The van der Waals surface area contributed by atoms with Crippen LogP contribution in [-0.2, 0) is 9.59 Å². The number of allylic oxidation sites excluding steroid dienone is 2. The number of carboxylic acid groups (broad SMARTS) is 1. The summed E-state index contributed by atoms with van der Waals surface area (Å²) in [7, 11) is 0. The van der Waals surface area contributed by atoms with Gasteiger partial charge in [0.1, 0.15) is 0 Å². The van der Waals surface area contributed by atoms with Crippen LogP contribution in [0.3, 0.4) is 0 Å². The summed E-state index contributed by atoms with van der Waals surface area (Å²) in [5, 5.41) is 8.93. The number of ketones is 1. The van der Waals surface area contributed by atoms with E-state index in [1.165, 1.54) is 0 Å². The predicted octanol–water partition coefficient (Wildman–Crippen LogP) is 3.01. The van der Waals surface area contributed by atoms with Gasteiger partial charge in [0.15, 0.2) is 5.78 Å². The van der Waals surface area contributed by atoms with Crippen molar-refractivity contribution < 1.29 is 14.7 Å². The van der Waals surface area contributed by atoms with Gasteiger partial charge in [0, 0.05) is 6.42 Å². The van der Waals surface area contributed by atoms with Crippen molar-refractivity contribution >= 4 is 17.3 Å². The van der Waals surface area contributed by atoms with E-state index in [4.69, 9.17) is 5.11 Å². The molecule has 1 N–H and O–H groups in total. The van der Waals surface area contributed by atoms with Gasteiger partial charge >= 0.3 is 5.97 Å². The lowest BCUT2D eigenvalue weighted by Gasteiger charge is -2.13. The average molecular weight is 244 g/mol. The van der Waals surface area contributed by atoms with Crippen molar-refractivity contribution in [2.45, 2.75) is 32.1 Å². The maximum Gasteiger partial charge on any atom is 0.310 e. The second-order valence-electron chi connectivity index (χ2n) is 4.67. The number of rotatable bonds is 3. The lowest BCUT2D eigenvalue weighted by atomic mass is 9.91. The van der Waals surface area contributed by atoms with Crippen LogP contribution < -0.4 is 0 Å². The molecule has 2 rings (SSSR count). The molecular weight excluding hydrogens is 228 g/mol. The molecule has 0 radical (unpaired) electrons. The molecule has 0 heterocycles. The summed E-state index contributed by atoms with van der Waals surface area (Å²) >= 11 is 0. The van der Waals surface area contributed by atoms with Crippen LogP contribution in [0.5, 0.6) is 0 Å². The number of carboxylic acids is 1. The van der Waals surface area contributed by atoms with E-state index in [0.29, 0.717) is 6.42 Å². The van der Waals surface area contributed by atoms with Crippen LogP contribution in [-0.4, -0.2) is 16.9 Å². The van der Waals surface area contributed by atoms with E-state index in [1.54, 1.807) is 13.0 Å². The van der Waals surface area contributed by atoms with Crippen LogP contribution in [0.2, 0.25) is 0 Å². The van der Waals surface area contributed by atoms with Gasteiger partial charge in [0.05, 0.1) is 5.92 Å². The number of hydrogen-bond donors (Lipinski definition) is 1. The summed E-state index contributed by atoms with van der Waals surface area (Å²) in [6.45, 7) is 1.67. The largest absolute Gasteiger partial charge is 0.481 e. The first-order valence-corrected chi connectivity index (χ1v) is 6.14.